The summed E-state index contributed by atoms with van der Waals surface area (Å²) in [7, 11) is 1.67. The molecule has 0 spiro atoms. The highest BCUT2D eigenvalue weighted by Crippen LogP contribution is 2.14. The maximum Gasteiger partial charge on any atom is 0.126 e. The number of halogens is 2. The van der Waals surface area contributed by atoms with Crippen molar-refractivity contribution in [2.75, 3.05) is 26.8 Å². The molecule has 1 N–H and O–H groups in total. The number of allylic oxidation sites excluding steroid dienone is 1. The Morgan fingerprint density at radius 3 is 2.84 bits per heavy atom. The summed E-state index contributed by atoms with van der Waals surface area (Å²) >= 11 is 0. The van der Waals surface area contributed by atoms with E-state index in [-0.39, 0.29) is 5.82 Å². The highest BCUT2D eigenvalue weighted by molar-refractivity contribution is 5.23. The zero-order valence-electron chi connectivity index (χ0n) is 11.5. The Labute approximate surface area is 113 Å². The molecule has 0 saturated carbocycles. The Morgan fingerprint density at radius 2 is 2.11 bits per heavy atom. The van der Waals surface area contributed by atoms with Crippen LogP contribution in [0.1, 0.15) is 18.9 Å². The van der Waals surface area contributed by atoms with E-state index in [2.05, 4.69) is 5.32 Å². The standard InChI is InChI=1S/C15H21F2NO/c1-12(4-3-7-18-8-9-19-2)10-13-11-14(16)5-6-15(13)17/h4-6,11,18H,3,7-10H2,1-2H3. The molecule has 0 atom stereocenters. The van der Waals surface area contributed by atoms with Crippen LogP contribution >= 0.6 is 0 Å². The highest BCUT2D eigenvalue weighted by atomic mass is 19.1. The molecule has 0 aliphatic carbocycles. The van der Waals surface area contributed by atoms with E-state index in [4.69, 9.17) is 4.74 Å². The monoisotopic (exact) mass is 269 g/mol. The topological polar surface area (TPSA) is 21.3 Å². The number of hydrogen-bond donors (Lipinski definition) is 1. The SMILES string of the molecule is COCCNCCC=C(C)Cc1cc(F)ccc1F. The third-order valence-corrected chi connectivity index (χ3v) is 2.77. The molecule has 0 heterocycles. The number of ether oxygens (including phenoxy) is 1. The molecule has 1 aromatic rings. The lowest BCUT2D eigenvalue weighted by atomic mass is 10.0. The molecule has 0 aliphatic heterocycles. The molecular formula is C15H21F2NO. The largest absolute Gasteiger partial charge is 0.383 e. The van der Waals surface area contributed by atoms with Crippen LogP contribution in [0.5, 0.6) is 0 Å². The molecular weight excluding hydrogens is 248 g/mol. The summed E-state index contributed by atoms with van der Waals surface area (Å²) in [5.74, 6) is -0.752. The number of rotatable bonds is 8. The van der Waals surface area contributed by atoms with Crippen molar-refractivity contribution in [3.8, 4) is 0 Å². The van der Waals surface area contributed by atoms with Gasteiger partial charge < -0.3 is 10.1 Å². The number of hydrogen-bond acceptors (Lipinski definition) is 2. The first kappa shape index (κ1) is 15.8. The van der Waals surface area contributed by atoms with Crippen molar-refractivity contribution in [3.63, 3.8) is 0 Å². The van der Waals surface area contributed by atoms with Crippen LogP contribution in [0.15, 0.2) is 29.8 Å². The van der Waals surface area contributed by atoms with Gasteiger partial charge in [-0.05, 0) is 50.1 Å². The molecule has 2 nitrogen and oxygen atoms in total. The van der Waals surface area contributed by atoms with Crippen molar-refractivity contribution in [3.05, 3.63) is 47.0 Å². The van der Waals surface area contributed by atoms with Crippen LogP contribution < -0.4 is 5.32 Å². The minimum absolute atomic E-state index is 0.354. The second-order valence-electron chi connectivity index (χ2n) is 4.49. The van der Waals surface area contributed by atoms with Crippen molar-refractivity contribution in [2.24, 2.45) is 0 Å². The smallest absolute Gasteiger partial charge is 0.126 e. The molecule has 0 fully saturated rings. The predicted molar refractivity (Wildman–Crippen MR) is 73.2 cm³/mol. The fourth-order valence-corrected chi connectivity index (χ4v) is 1.77. The van der Waals surface area contributed by atoms with Gasteiger partial charge in [-0.2, -0.15) is 0 Å². The molecule has 0 amide bonds. The van der Waals surface area contributed by atoms with Crippen molar-refractivity contribution in [1.29, 1.82) is 0 Å². The first-order valence-corrected chi connectivity index (χ1v) is 6.42. The maximum atomic E-state index is 13.4. The van der Waals surface area contributed by atoms with E-state index in [9.17, 15) is 8.78 Å². The molecule has 0 aromatic heterocycles. The van der Waals surface area contributed by atoms with Gasteiger partial charge in [0.05, 0.1) is 6.61 Å². The van der Waals surface area contributed by atoms with Crippen LogP contribution in [0.25, 0.3) is 0 Å². The summed E-state index contributed by atoms with van der Waals surface area (Å²) in [5, 5.41) is 3.22. The lowest BCUT2D eigenvalue weighted by Gasteiger charge is -2.05. The summed E-state index contributed by atoms with van der Waals surface area (Å²) in [6, 6.07) is 3.56. The number of methoxy groups -OCH3 is 1. The van der Waals surface area contributed by atoms with Gasteiger partial charge in [-0.15, -0.1) is 0 Å². The molecule has 0 bridgehead atoms. The summed E-state index contributed by atoms with van der Waals surface area (Å²) in [4.78, 5) is 0. The second-order valence-corrected chi connectivity index (χ2v) is 4.49. The average Bonchev–Trinajstić information content (AvgIpc) is 2.38. The third-order valence-electron chi connectivity index (χ3n) is 2.77. The van der Waals surface area contributed by atoms with Crippen LogP contribution in [0.4, 0.5) is 8.78 Å². The van der Waals surface area contributed by atoms with Gasteiger partial charge in [-0.25, -0.2) is 8.78 Å². The third kappa shape index (κ3) is 6.45. The molecule has 0 saturated heterocycles. The van der Waals surface area contributed by atoms with E-state index in [0.717, 1.165) is 31.1 Å². The van der Waals surface area contributed by atoms with Crippen LogP contribution in [-0.2, 0) is 11.2 Å². The van der Waals surface area contributed by atoms with Crippen molar-refractivity contribution >= 4 is 0 Å². The quantitative estimate of drug-likeness (QED) is 0.578. The Bertz CT molecular complexity index is 419. The zero-order chi connectivity index (χ0) is 14.1. The molecule has 4 heteroatoms. The minimum Gasteiger partial charge on any atom is -0.383 e. The molecule has 0 unspecified atom stereocenters. The first-order chi connectivity index (χ1) is 9.13. The summed E-state index contributed by atoms with van der Waals surface area (Å²) < 4.78 is 31.4. The lowest BCUT2D eigenvalue weighted by Crippen LogP contribution is -2.19. The van der Waals surface area contributed by atoms with E-state index in [1.165, 1.54) is 12.1 Å². The molecule has 1 aromatic carbocycles. The van der Waals surface area contributed by atoms with E-state index in [1.807, 2.05) is 13.0 Å². The van der Waals surface area contributed by atoms with Crippen LogP contribution in [0.2, 0.25) is 0 Å². The van der Waals surface area contributed by atoms with Gasteiger partial charge in [-0.3, -0.25) is 0 Å². The van der Waals surface area contributed by atoms with Crippen LogP contribution in [0.3, 0.4) is 0 Å². The van der Waals surface area contributed by atoms with Gasteiger partial charge in [0, 0.05) is 13.7 Å². The highest BCUT2D eigenvalue weighted by Gasteiger charge is 2.04. The predicted octanol–water partition coefficient (Wildman–Crippen LogP) is 3.08. The zero-order valence-corrected chi connectivity index (χ0v) is 11.5. The van der Waals surface area contributed by atoms with Crippen molar-refractivity contribution in [1.82, 2.24) is 5.32 Å². The van der Waals surface area contributed by atoms with Gasteiger partial charge in [0.2, 0.25) is 0 Å². The Kier molecular flexibility index (Phi) is 7.30. The maximum absolute atomic E-state index is 13.4. The summed E-state index contributed by atoms with van der Waals surface area (Å²) in [6.45, 7) is 4.30. The molecule has 19 heavy (non-hydrogen) atoms. The van der Waals surface area contributed by atoms with E-state index >= 15 is 0 Å². The molecule has 1 rings (SSSR count). The molecule has 0 radical (unpaired) electrons. The Hall–Kier alpha value is -1.26. The van der Waals surface area contributed by atoms with Gasteiger partial charge in [0.1, 0.15) is 11.6 Å². The lowest BCUT2D eigenvalue weighted by molar-refractivity contribution is 0.199. The number of nitrogens with one attached hydrogen (secondary N) is 1. The van der Waals surface area contributed by atoms with Gasteiger partial charge in [0.15, 0.2) is 0 Å². The van der Waals surface area contributed by atoms with Crippen LogP contribution in [0, 0.1) is 11.6 Å². The first-order valence-electron chi connectivity index (χ1n) is 6.42. The Morgan fingerprint density at radius 1 is 1.32 bits per heavy atom. The molecule has 106 valence electrons. The van der Waals surface area contributed by atoms with E-state index < -0.39 is 5.82 Å². The van der Waals surface area contributed by atoms with Crippen molar-refractivity contribution in [2.45, 2.75) is 19.8 Å². The summed E-state index contributed by atoms with van der Waals surface area (Å²) in [5.41, 5.74) is 1.44. The number of benzene rings is 1. The normalized spacial score (nSPS) is 11.9. The van der Waals surface area contributed by atoms with E-state index in [1.54, 1.807) is 7.11 Å². The summed E-state index contributed by atoms with van der Waals surface area (Å²) in [6.07, 6.45) is 3.36. The van der Waals surface area contributed by atoms with Crippen LogP contribution in [-0.4, -0.2) is 26.8 Å². The second kappa shape index (κ2) is 8.77. The fraction of sp³-hybridized carbons (Fsp3) is 0.467. The van der Waals surface area contributed by atoms with Gasteiger partial charge >= 0.3 is 0 Å². The van der Waals surface area contributed by atoms with Gasteiger partial charge in [-0.1, -0.05) is 11.6 Å². The van der Waals surface area contributed by atoms with Crippen molar-refractivity contribution < 1.29 is 13.5 Å². The molecule has 0 aliphatic rings. The van der Waals surface area contributed by atoms with E-state index in [0.29, 0.717) is 18.6 Å². The minimum atomic E-state index is -0.398. The Balaban J connectivity index is 2.37. The van der Waals surface area contributed by atoms with Gasteiger partial charge in [0.25, 0.3) is 0 Å². The average molecular weight is 269 g/mol. The fourth-order valence-electron chi connectivity index (χ4n) is 1.77.